The van der Waals surface area contributed by atoms with Gasteiger partial charge < -0.3 is 24.4 Å². The summed E-state index contributed by atoms with van der Waals surface area (Å²) in [6.07, 6.45) is -3.78. The highest BCUT2D eigenvalue weighted by molar-refractivity contribution is 5.88. The Morgan fingerprint density at radius 3 is 1.64 bits per heavy atom. The van der Waals surface area contributed by atoms with Gasteiger partial charge in [-0.2, -0.15) is 35.1 Å². The fourth-order valence-corrected chi connectivity index (χ4v) is 4.18. The summed E-state index contributed by atoms with van der Waals surface area (Å²) < 4.78 is 130. The molecule has 0 saturated heterocycles. The Labute approximate surface area is 259 Å². The molecule has 1 unspecified atom stereocenters. The van der Waals surface area contributed by atoms with E-state index in [4.69, 9.17) is 14.2 Å². The fraction of sp³-hybridized carbons (Fsp3) is 0.800. The normalized spacial score (nSPS) is 13.8. The summed E-state index contributed by atoms with van der Waals surface area (Å²) in [5.74, 6) is -27.7. The number of unbranched alkanes of at least 4 members (excludes halogenated alkanes) is 4. The zero-order valence-electron chi connectivity index (χ0n) is 26.1. The number of alkyl halides is 8. The second-order valence-corrected chi connectivity index (χ2v) is 11.3. The van der Waals surface area contributed by atoms with Crippen LogP contribution in [0, 0.1) is 11.3 Å². The molecule has 0 rings (SSSR count). The molecule has 0 amide bonds. The maximum atomic E-state index is 14.7. The van der Waals surface area contributed by atoms with Crippen molar-refractivity contribution in [3.8, 4) is 0 Å². The first-order valence-electron chi connectivity index (χ1n) is 14.7. The number of halogens is 8. The maximum Gasteiger partial charge on any atom is 0.378 e. The first-order chi connectivity index (χ1) is 20.7. The Morgan fingerprint density at radius 2 is 1.20 bits per heavy atom. The van der Waals surface area contributed by atoms with Crippen LogP contribution in [0.4, 0.5) is 35.1 Å². The highest BCUT2D eigenvalue weighted by Crippen LogP contribution is 2.55. The van der Waals surface area contributed by atoms with Crippen molar-refractivity contribution in [1.29, 1.82) is 0 Å². The van der Waals surface area contributed by atoms with Gasteiger partial charge in [0.05, 0.1) is 38.6 Å². The van der Waals surface area contributed by atoms with Gasteiger partial charge in [0.15, 0.2) is 0 Å². The Balaban J connectivity index is 5.78. The quantitative estimate of drug-likeness (QED) is 0.0472. The van der Waals surface area contributed by atoms with E-state index in [0.717, 1.165) is 0 Å². The number of carbonyl (C=O) groups excluding carboxylic acids is 2. The standard InChI is InChI=1S/C30H46F8O7/c1-6-8-9-10-11-13-27(31,32)29(35,36)30(37,38)28(33,34)14-12-23(18-45-25(42)22(4)16-43-5)17-44-24(41)21(3)15-26(7-2,19-39)20-40/h23,39-40H,3-4,6-20H2,1-2,5H3. The number of aliphatic hydroxyl groups excluding tert-OH is 2. The number of hydrogen-bond donors (Lipinski definition) is 2. The lowest BCUT2D eigenvalue weighted by molar-refractivity contribution is -0.368. The van der Waals surface area contributed by atoms with E-state index in [0.29, 0.717) is 19.3 Å². The molecule has 15 heteroatoms. The summed E-state index contributed by atoms with van der Waals surface area (Å²) in [5.41, 5.74) is -1.61. The predicted octanol–water partition coefficient (Wildman–Crippen LogP) is 6.90. The number of aliphatic hydroxyl groups is 2. The van der Waals surface area contributed by atoms with E-state index in [1.54, 1.807) is 13.8 Å². The number of hydrogen-bond acceptors (Lipinski definition) is 7. The molecule has 264 valence electrons. The topological polar surface area (TPSA) is 102 Å². The largest absolute Gasteiger partial charge is 0.462 e. The second kappa shape index (κ2) is 18.8. The molecule has 0 radical (unpaired) electrons. The minimum absolute atomic E-state index is 0.0310. The van der Waals surface area contributed by atoms with E-state index in [-0.39, 0.29) is 37.0 Å². The van der Waals surface area contributed by atoms with Crippen LogP contribution in [0.15, 0.2) is 24.3 Å². The van der Waals surface area contributed by atoms with Crippen LogP contribution >= 0.6 is 0 Å². The zero-order valence-corrected chi connectivity index (χ0v) is 26.1. The average molecular weight is 671 g/mol. The van der Waals surface area contributed by atoms with Crippen LogP contribution in [0.1, 0.15) is 78.1 Å². The molecular formula is C30H46F8O7. The highest BCUT2D eigenvalue weighted by Gasteiger charge is 2.79. The third-order valence-corrected chi connectivity index (χ3v) is 7.58. The molecule has 7 nitrogen and oxygen atoms in total. The maximum absolute atomic E-state index is 14.7. The van der Waals surface area contributed by atoms with Crippen LogP contribution < -0.4 is 0 Å². The van der Waals surface area contributed by atoms with Crippen LogP contribution in [-0.2, 0) is 23.8 Å². The summed E-state index contributed by atoms with van der Waals surface area (Å²) in [6, 6.07) is 0. The zero-order chi connectivity index (χ0) is 35.1. The van der Waals surface area contributed by atoms with Crippen LogP contribution in [0.2, 0.25) is 0 Å². The molecule has 45 heavy (non-hydrogen) atoms. The van der Waals surface area contributed by atoms with E-state index in [1.807, 2.05) is 0 Å². The summed E-state index contributed by atoms with van der Waals surface area (Å²) >= 11 is 0. The lowest BCUT2D eigenvalue weighted by Crippen LogP contribution is -2.62. The molecule has 0 aliphatic rings. The van der Waals surface area contributed by atoms with Gasteiger partial charge in [0.1, 0.15) is 0 Å². The van der Waals surface area contributed by atoms with Gasteiger partial charge in [-0.05, 0) is 25.7 Å². The van der Waals surface area contributed by atoms with Crippen molar-refractivity contribution in [3.05, 3.63) is 24.3 Å². The molecule has 0 aliphatic carbocycles. The van der Waals surface area contributed by atoms with E-state index in [9.17, 15) is 54.9 Å². The van der Waals surface area contributed by atoms with Crippen molar-refractivity contribution in [2.24, 2.45) is 11.3 Å². The van der Waals surface area contributed by atoms with Crippen molar-refractivity contribution < 1.29 is 69.1 Å². The van der Waals surface area contributed by atoms with Gasteiger partial charge in [-0.1, -0.05) is 52.7 Å². The number of esters is 2. The fourth-order valence-electron chi connectivity index (χ4n) is 4.18. The van der Waals surface area contributed by atoms with E-state index < -0.39 is 99.1 Å². The van der Waals surface area contributed by atoms with E-state index in [2.05, 4.69) is 13.2 Å². The van der Waals surface area contributed by atoms with Crippen LogP contribution in [0.3, 0.4) is 0 Å². The Hall–Kier alpha value is -2.26. The van der Waals surface area contributed by atoms with E-state index in [1.165, 1.54) is 7.11 Å². The van der Waals surface area contributed by atoms with Gasteiger partial charge in [-0.15, -0.1) is 0 Å². The number of rotatable bonds is 25. The van der Waals surface area contributed by atoms with Crippen molar-refractivity contribution in [2.75, 3.05) is 40.1 Å². The molecule has 0 aromatic heterocycles. The predicted molar refractivity (Wildman–Crippen MR) is 149 cm³/mol. The Morgan fingerprint density at radius 1 is 0.733 bits per heavy atom. The molecular weight excluding hydrogens is 624 g/mol. The van der Waals surface area contributed by atoms with Gasteiger partial charge in [0.2, 0.25) is 0 Å². The number of ether oxygens (including phenoxy) is 3. The smallest absolute Gasteiger partial charge is 0.378 e. The van der Waals surface area contributed by atoms with Gasteiger partial charge in [0.25, 0.3) is 0 Å². The second-order valence-electron chi connectivity index (χ2n) is 11.3. The monoisotopic (exact) mass is 670 g/mol. The Bertz CT molecular complexity index is 944. The SMILES string of the molecule is C=C(COC)C(=O)OCC(CCC(F)(F)C(F)(F)C(F)(F)C(F)(F)CCCCCCC)COC(=O)C(=C)CC(CC)(CO)CO. The van der Waals surface area contributed by atoms with Crippen molar-refractivity contribution in [3.63, 3.8) is 0 Å². The van der Waals surface area contributed by atoms with E-state index >= 15 is 0 Å². The molecule has 0 fully saturated rings. The minimum Gasteiger partial charge on any atom is -0.462 e. The first-order valence-corrected chi connectivity index (χ1v) is 14.7. The molecule has 0 spiro atoms. The van der Waals surface area contributed by atoms with Crippen LogP contribution in [0.25, 0.3) is 0 Å². The number of carbonyl (C=O) groups is 2. The summed E-state index contributed by atoms with van der Waals surface area (Å²) in [6.45, 7) is 7.26. The third-order valence-electron chi connectivity index (χ3n) is 7.58. The van der Waals surface area contributed by atoms with Gasteiger partial charge in [0, 0.05) is 36.9 Å². The summed E-state index contributed by atoms with van der Waals surface area (Å²) in [5, 5.41) is 19.1. The number of methoxy groups -OCH3 is 1. The molecule has 0 aromatic carbocycles. The lowest BCUT2D eigenvalue weighted by atomic mass is 9.81. The first kappa shape index (κ1) is 42.7. The van der Waals surface area contributed by atoms with Gasteiger partial charge in [-0.3, -0.25) is 0 Å². The summed E-state index contributed by atoms with van der Waals surface area (Å²) in [7, 11) is 1.22. The molecule has 0 saturated carbocycles. The van der Waals surface area contributed by atoms with Crippen molar-refractivity contribution in [1.82, 2.24) is 0 Å². The van der Waals surface area contributed by atoms with Crippen LogP contribution in [-0.4, -0.2) is 86.0 Å². The van der Waals surface area contributed by atoms with Crippen LogP contribution in [0.5, 0.6) is 0 Å². The molecule has 1 atom stereocenters. The highest BCUT2D eigenvalue weighted by atomic mass is 19.4. The average Bonchev–Trinajstić information content (AvgIpc) is 2.98. The summed E-state index contributed by atoms with van der Waals surface area (Å²) in [4.78, 5) is 24.5. The van der Waals surface area contributed by atoms with Crippen molar-refractivity contribution in [2.45, 2.75) is 102 Å². The van der Waals surface area contributed by atoms with Gasteiger partial charge >= 0.3 is 35.6 Å². The Kier molecular flexibility index (Phi) is 17.8. The third kappa shape index (κ3) is 12.1. The molecule has 2 N–H and O–H groups in total. The van der Waals surface area contributed by atoms with Crippen molar-refractivity contribution >= 4 is 11.9 Å². The molecule has 0 aromatic rings. The minimum atomic E-state index is -6.47. The van der Waals surface area contributed by atoms with Gasteiger partial charge in [-0.25, -0.2) is 9.59 Å². The molecule has 0 heterocycles. The molecule has 0 bridgehead atoms. The lowest BCUT2D eigenvalue weighted by Gasteiger charge is -2.37. The molecule has 0 aliphatic heterocycles.